The molecule has 0 saturated carbocycles. The van der Waals surface area contributed by atoms with E-state index in [0.717, 1.165) is 23.1 Å². The Morgan fingerprint density at radius 2 is 1.82 bits per heavy atom. The molecule has 0 aliphatic heterocycles. The molecule has 0 saturated heterocycles. The first-order valence-corrected chi connectivity index (χ1v) is 8.89. The highest BCUT2D eigenvalue weighted by Crippen LogP contribution is 2.29. The molecule has 0 atom stereocenters. The SMILES string of the molecule is CNc1cc(C)ccc1Nc1nc(Nc2ccncc2F)ncc1Cl.O=S=O. The molecule has 8 nitrogen and oxygen atoms in total. The van der Waals surface area contributed by atoms with Crippen molar-refractivity contribution in [1.29, 1.82) is 0 Å². The van der Waals surface area contributed by atoms with Gasteiger partial charge in [0.25, 0.3) is 0 Å². The van der Waals surface area contributed by atoms with Crippen LogP contribution in [0.25, 0.3) is 0 Å². The number of aryl methyl sites for hydroxylation is 1. The zero-order valence-electron chi connectivity index (χ0n) is 14.9. The summed E-state index contributed by atoms with van der Waals surface area (Å²) in [4.78, 5) is 12.1. The van der Waals surface area contributed by atoms with Crippen LogP contribution < -0.4 is 16.0 Å². The second-order valence-electron chi connectivity index (χ2n) is 5.36. The van der Waals surface area contributed by atoms with Crippen LogP contribution in [0.15, 0.2) is 42.9 Å². The average molecular weight is 423 g/mol. The smallest absolute Gasteiger partial charge is 0.335 e. The van der Waals surface area contributed by atoms with Gasteiger partial charge in [0, 0.05) is 13.2 Å². The number of nitrogens with zero attached hydrogens (tertiary/aromatic N) is 3. The van der Waals surface area contributed by atoms with Crippen LogP contribution in [0.2, 0.25) is 5.02 Å². The van der Waals surface area contributed by atoms with Crippen LogP contribution in [0, 0.1) is 12.7 Å². The Bertz CT molecular complexity index is 1000. The van der Waals surface area contributed by atoms with E-state index >= 15 is 0 Å². The molecule has 2 heterocycles. The molecule has 146 valence electrons. The highest BCUT2D eigenvalue weighted by molar-refractivity contribution is 7.51. The number of rotatable bonds is 5. The summed E-state index contributed by atoms with van der Waals surface area (Å²) in [5.41, 5.74) is 3.08. The number of anilines is 5. The van der Waals surface area contributed by atoms with E-state index in [-0.39, 0.29) is 11.6 Å². The summed E-state index contributed by atoms with van der Waals surface area (Å²) in [6, 6.07) is 7.40. The molecule has 0 unspecified atom stereocenters. The van der Waals surface area contributed by atoms with Crippen molar-refractivity contribution in [3.8, 4) is 0 Å². The zero-order valence-corrected chi connectivity index (χ0v) is 16.4. The average Bonchev–Trinajstić information content (AvgIpc) is 2.68. The maximum atomic E-state index is 13.7. The molecule has 3 N–H and O–H groups in total. The highest BCUT2D eigenvalue weighted by atomic mass is 35.5. The summed E-state index contributed by atoms with van der Waals surface area (Å²) in [6.07, 6.45) is 4.04. The molecule has 0 fully saturated rings. The number of halogens is 2. The largest absolute Gasteiger partial charge is 0.386 e. The molecule has 0 aliphatic rings. The molecule has 11 heteroatoms. The lowest BCUT2D eigenvalue weighted by atomic mass is 10.2. The summed E-state index contributed by atoms with van der Waals surface area (Å²) in [5.74, 6) is 0.135. The zero-order chi connectivity index (χ0) is 20.5. The van der Waals surface area contributed by atoms with E-state index in [0.29, 0.717) is 10.8 Å². The Balaban J connectivity index is 0.000000878. The summed E-state index contributed by atoms with van der Waals surface area (Å²) in [7, 11) is 1.83. The maximum absolute atomic E-state index is 13.7. The molecular weight excluding hydrogens is 407 g/mol. The standard InChI is InChI=1S/C17H16ClFN6.O2S/c1-10-3-4-14(15(7-10)20-2)23-16-11(18)8-22-17(25-16)24-13-5-6-21-9-12(13)19;1-3-2/h3-9,20H,1-2H3,(H2,21,22,23,24,25);. The molecule has 3 aromatic rings. The first-order valence-electron chi connectivity index (χ1n) is 7.84. The third kappa shape index (κ3) is 5.69. The third-order valence-corrected chi connectivity index (χ3v) is 3.74. The van der Waals surface area contributed by atoms with Crippen LogP contribution >= 0.6 is 11.6 Å². The van der Waals surface area contributed by atoms with Crippen LogP contribution in [0.3, 0.4) is 0 Å². The molecule has 28 heavy (non-hydrogen) atoms. The monoisotopic (exact) mass is 422 g/mol. The summed E-state index contributed by atoms with van der Waals surface area (Å²) in [6.45, 7) is 2.01. The van der Waals surface area contributed by atoms with Crippen molar-refractivity contribution in [2.75, 3.05) is 23.0 Å². The first kappa shape index (κ1) is 21.2. The lowest BCUT2D eigenvalue weighted by molar-refractivity contribution is 0.625. The Morgan fingerprint density at radius 3 is 2.50 bits per heavy atom. The van der Waals surface area contributed by atoms with Gasteiger partial charge in [0.15, 0.2) is 11.6 Å². The van der Waals surface area contributed by atoms with Gasteiger partial charge in [-0.05, 0) is 30.7 Å². The number of pyridine rings is 1. The van der Waals surface area contributed by atoms with Crippen molar-refractivity contribution < 1.29 is 12.8 Å². The van der Waals surface area contributed by atoms with Gasteiger partial charge in [-0.2, -0.15) is 13.4 Å². The van der Waals surface area contributed by atoms with E-state index in [1.165, 1.54) is 18.5 Å². The molecule has 0 spiro atoms. The van der Waals surface area contributed by atoms with Crippen LogP contribution in [0.5, 0.6) is 0 Å². The first-order chi connectivity index (χ1) is 13.5. The van der Waals surface area contributed by atoms with Crippen molar-refractivity contribution in [1.82, 2.24) is 15.0 Å². The van der Waals surface area contributed by atoms with Crippen LogP contribution in [0.1, 0.15) is 5.56 Å². The number of hydrogen-bond acceptors (Lipinski definition) is 8. The van der Waals surface area contributed by atoms with Gasteiger partial charge in [-0.25, -0.2) is 9.37 Å². The minimum atomic E-state index is -0.750. The Labute approximate surface area is 169 Å². The van der Waals surface area contributed by atoms with E-state index in [1.54, 1.807) is 0 Å². The van der Waals surface area contributed by atoms with Gasteiger partial charge in [0.2, 0.25) is 5.95 Å². The fourth-order valence-electron chi connectivity index (χ4n) is 2.21. The van der Waals surface area contributed by atoms with Crippen LogP contribution in [-0.4, -0.2) is 30.4 Å². The summed E-state index contributed by atoms with van der Waals surface area (Å²) < 4.78 is 30.3. The quantitative estimate of drug-likeness (QED) is 0.569. The second kappa shape index (κ2) is 10.3. The minimum Gasteiger partial charge on any atom is -0.386 e. The van der Waals surface area contributed by atoms with Gasteiger partial charge >= 0.3 is 11.6 Å². The van der Waals surface area contributed by atoms with Crippen molar-refractivity contribution >= 4 is 52.0 Å². The molecule has 0 amide bonds. The Hall–Kier alpha value is -3.11. The van der Waals surface area contributed by atoms with E-state index in [4.69, 9.17) is 20.0 Å². The van der Waals surface area contributed by atoms with Gasteiger partial charge < -0.3 is 16.0 Å². The fraction of sp³-hybridized carbons (Fsp3) is 0.118. The van der Waals surface area contributed by atoms with E-state index < -0.39 is 17.4 Å². The highest BCUT2D eigenvalue weighted by Gasteiger charge is 2.10. The number of benzene rings is 1. The van der Waals surface area contributed by atoms with Gasteiger partial charge in [-0.1, -0.05) is 17.7 Å². The third-order valence-electron chi connectivity index (χ3n) is 3.46. The van der Waals surface area contributed by atoms with Crippen molar-refractivity contribution in [2.45, 2.75) is 6.92 Å². The predicted octanol–water partition coefficient (Wildman–Crippen LogP) is 3.83. The van der Waals surface area contributed by atoms with E-state index in [9.17, 15) is 4.39 Å². The number of aromatic nitrogens is 3. The molecule has 0 radical (unpaired) electrons. The van der Waals surface area contributed by atoms with Gasteiger partial charge in [-0.3, -0.25) is 4.98 Å². The van der Waals surface area contributed by atoms with Crippen molar-refractivity contribution in [3.05, 3.63) is 59.3 Å². The van der Waals surface area contributed by atoms with Gasteiger partial charge in [0.1, 0.15) is 5.02 Å². The lowest BCUT2D eigenvalue weighted by Gasteiger charge is -2.14. The normalized spacial score (nSPS) is 9.71. The molecule has 1 aromatic carbocycles. The predicted molar refractivity (Wildman–Crippen MR) is 107 cm³/mol. The Kier molecular flexibility index (Phi) is 7.78. The minimum absolute atomic E-state index is 0.218. The van der Waals surface area contributed by atoms with Gasteiger partial charge in [0.05, 0.1) is 29.5 Å². The number of nitrogens with one attached hydrogen (secondary N) is 3. The Morgan fingerprint density at radius 1 is 1.07 bits per heavy atom. The molecule has 0 bridgehead atoms. The lowest BCUT2D eigenvalue weighted by Crippen LogP contribution is -2.04. The van der Waals surface area contributed by atoms with E-state index in [1.807, 2.05) is 32.2 Å². The maximum Gasteiger partial charge on any atom is 0.335 e. The summed E-state index contributed by atoms with van der Waals surface area (Å²) in [5, 5.41) is 9.45. The van der Waals surface area contributed by atoms with Gasteiger partial charge in [-0.15, -0.1) is 0 Å². The summed E-state index contributed by atoms with van der Waals surface area (Å²) >= 11 is 5.44. The molecular formula is C17H16ClFN6O2S. The molecule has 2 aromatic heterocycles. The molecule has 3 rings (SSSR count). The second-order valence-corrected chi connectivity index (χ2v) is 5.91. The van der Waals surface area contributed by atoms with Crippen molar-refractivity contribution in [3.63, 3.8) is 0 Å². The van der Waals surface area contributed by atoms with Crippen molar-refractivity contribution in [2.24, 2.45) is 0 Å². The molecule has 0 aliphatic carbocycles. The van der Waals surface area contributed by atoms with Crippen LogP contribution in [-0.2, 0) is 11.6 Å². The number of hydrogen-bond donors (Lipinski definition) is 3. The van der Waals surface area contributed by atoms with Crippen LogP contribution in [0.4, 0.5) is 33.2 Å². The fourth-order valence-corrected chi connectivity index (χ4v) is 2.35. The van der Waals surface area contributed by atoms with E-state index in [2.05, 4.69) is 30.9 Å². The topological polar surface area (TPSA) is 109 Å².